The number of carbonyl (C=O) groups excluding carboxylic acids is 1. The van der Waals surface area contributed by atoms with E-state index in [-0.39, 0.29) is 34.6 Å². The van der Waals surface area contributed by atoms with Crippen LogP contribution < -0.4 is 5.56 Å². The molecule has 2 heterocycles. The van der Waals surface area contributed by atoms with E-state index in [1.165, 1.54) is 16.7 Å². The van der Waals surface area contributed by atoms with E-state index in [0.717, 1.165) is 43.2 Å². The van der Waals surface area contributed by atoms with Crippen LogP contribution in [-0.2, 0) is 11.0 Å². The van der Waals surface area contributed by atoms with Crippen molar-refractivity contribution in [1.29, 1.82) is 0 Å². The lowest BCUT2D eigenvalue weighted by atomic mass is 9.98. The number of rotatable bonds is 4. The standard InChI is InChI=1S/C24H24F3N3O2S/c1-15-7-5-8-16(2)29(15)21(31)14-33-23-28-20-12-4-3-11-19(20)22(32)30(23)18-10-6-9-17(13-18)24(25,26)27/h3-4,6,9-13,15-16H,5,7-8,14H2,1-2H3/t15-,16+. The number of hydrogen-bond acceptors (Lipinski definition) is 4. The summed E-state index contributed by atoms with van der Waals surface area (Å²) in [5.41, 5.74) is -0.847. The largest absolute Gasteiger partial charge is 0.416 e. The zero-order valence-electron chi connectivity index (χ0n) is 18.3. The molecular formula is C24H24F3N3O2S. The second kappa shape index (κ2) is 9.21. The van der Waals surface area contributed by atoms with Crippen LogP contribution in [-0.4, -0.2) is 38.2 Å². The maximum Gasteiger partial charge on any atom is 0.416 e. The second-order valence-electron chi connectivity index (χ2n) is 8.32. The number of fused-ring (bicyclic) bond motifs is 1. The van der Waals surface area contributed by atoms with Gasteiger partial charge in [-0.1, -0.05) is 30.0 Å². The van der Waals surface area contributed by atoms with Gasteiger partial charge in [0.25, 0.3) is 5.56 Å². The fraction of sp³-hybridized carbons (Fsp3) is 0.375. The van der Waals surface area contributed by atoms with Crippen LogP contribution in [0.1, 0.15) is 38.7 Å². The number of amides is 1. The molecule has 174 valence electrons. The van der Waals surface area contributed by atoms with Gasteiger partial charge in [0.1, 0.15) is 0 Å². The molecule has 33 heavy (non-hydrogen) atoms. The van der Waals surface area contributed by atoms with Gasteiger partial charge in [-0.2, -0.15) is 13.2 Å². The van der Waals surface area contributed by atoms with Crippen LogP contribution in [0.15, 0.2) is 58.5 Å². The molecule has 9 heteroatoms. The van der Waals surface area contributed by atoms with Crippen LogP contribution in [0, 0.1) is 0 Å². The summed E-state index contributed by atoms with van der Waals surface area (Å²) in [6, 6.07) is 11.5. The Labute approximate surface area is 193 Å². The fourth-order valence-corrected chi connectivity index (χ4v) is 5.25. The summed E-state index contributed by atoms with van der Waals surface area (Å²) < 4.78 is 41.1. The molecular weight excluding hydrogens is 451 g/mol. The molecule has 4 rings (SSSR count). The highest BCUT2D eigenvalue weighted by Crippen LogP contribution is 2.31. The van der Waals surface area contributed by atoms with E-state index < -0.39 is 17.3 Å². The first-order valence-electron chi connectivity index (χ1n) is 10.8. The molecule has 0 aliphatic carbocycles. The zero-order valence-corrected chi connectivity index (χ0v) is 19.1. The molecule has 1 aromatic heterocycles. The summed E-state index contributed by atoms with van der Waals surface area (Å²) in [6.45, 7) is 4.04. The first-order valence-corrected chi connectivity index (χ1v) is 11.8. The second-order valence-corrected chi connectivity index (χ2v) is 9.26. The quantitative estimate of drug-likeness (QED) is 0.380. The summed E-state index contributed by atoms with van der Waals surface area (Å²) in [6.07, 6.45) is -1.61. The van der Waals surface area contributed by atoms with Crippen molar-refractivity contribution in [2.45, 2.75) is 56.5 Å². The zero-order chi connectivity index (χ0) is 23.8. The van der Waals surface area contributed by atoms with E-state index in [0.29, 0.717) is 10.9 Å². The van der Waals surface area contributed by atoms with Crippen LogP contribution >= 0.6 is 11.8 Å². The van der Waals surface area contributed by atoms with Gasteiger partial charge in [0.2, 0.25) is 5.91 Å². The van der Waals surface area contributed by atoms with Gasteiger partial charge in [0.05, 0.1) is 27.9 Å². The minimum absolute atomic E-state index is 0.0401. The van der Waals surface area contributed by atoms with Gasteiger partial charge in [-0.3, -0.25) is 14.2 Å². The highest BCUT2D eigenvalue weighted by Gasteiger charge is 2.31. The van der Waals surface area contributed by atoms with Crippen molar-refractivity contribution in [3.63, 3.8) is 0 Å². The Balaban J connectivity index is 1.75. The number of likely N-dealkylation sites (tertiary alicyclic amines) is 1. The summed E-state index contributed by atoms with van der Waals surface area (Å²) >= 11 is 1.07. The van der Waals surface area contributed by atoms with Crippen molar-refractivity contribution in [2.24, 2.45) is 0 Å². The van der Waals surface area contributed by atoms with E-state index >= 15 is 0 Å². The third-order valence-corrected chi connectivity index (χ3v) is 6.91. The number of nitrogens with zero attached hydrogens (tertiary/aromatic N) is 3. The number of halogens is 3. The third-order valence-electron chi connectivity index (χ3n) is 5.98. The Bertz CT molecular complexity index is 1230. The fourth-order valence-electron chi connectivity index (χ4n) is 4.37. The van der Waals surface area contributed by atoms with Gasteiger partial charge in [-0.05, 0) is 63.4 Å². The summed E-state index contributed by atoms with van der Waals surface area (Å²) in [5, 5.41) is 0.479. The highest BCUT2D eigenvalue weighted by molar-refractivity contribution is 7.99. The van der Waals surface area contributed by atoms with Crippen molar-refractivity contribution in [3.8, 4) is 5.69 Å². The van der Waals surface area contributed by atoms with Gasteiger partial charge in [0.15, 0.2) is 5.16 Å². The van der Waals surface area contributed by atoms with Crippen molar-refractivity contribution < 1.29 is 18.0 Å². The molecule has 0 unspecified atom stereocenters. The van der Waals surface area contributed by atoms with Crippen molar-refractivity contribution in [1.82, 2.24) is 14.5 Å². The summed E-state index contributed by atoms with van der Waals surface area (Å²) in [7, 11) is 0. The molecule has 1 aliphatic heterocycles. The van der Waals surface area contributed by atoms with E-state index in [1.54, 1.807) is 24.3 Å². The maximum atomic E-state index is 13.3. The minimum atomic E-state index is -4.55. The summed E-state index contributed by atoms with van der Waals surface area (Å²) in [5.74, 6) is -0.0315. The Hall–Kier alpha value is -2.81. The maximum absolute atomic E-state index is 13.3. The van der Waals surface area contributed by atoms with Crippen LogP contribution in [0.25, 0.3) is 16.6 Å². The molecule has 3 aromatic rings. The Morgan fingerprint density at radius 3 is 2.48 bits per heavy atom. The number of benzene rings is 2. The normalized spacial score (nSPS) is 19.1. The van der Waals surface area contributed by atoms with E-state index in [1.807, 2.05) is 18.7 Å². The first kappa shape index (κ1) is 23.4. The van der Waals surface area contributed by atoms with Crippen LogP contribution in [0.2, 0.25) is 0 Å². The number of para-hydroxylation sites is 1. The molecule has 0 radical (unpaired) electrons. The molecule has 2 atom stereocenters. The SMILES string of the molecule is C[C@@H]1CCC[C@H](C)N1C(=O)CSc1nc2ccccc2c(=O)n1-c1cccc(C(F)(F)F)c1. The lowest BCUT2D eigenvalue weighted by Crippen LogP contribution is -2.48. The van der Waals surface area contributed by atoms with Gasteiger partial charge in [-0.25, -0.2) is 4.98 Å². The van der Waals surface area contributed by atoms with E-state index in [4.69, 9.17) is 0 Å². The topological polar surface area (TPSA) is 55.2 Å². The predicted octanol–water partition coefficient (Wildman–Crippen LogP) is 5.29. The number of hydrogen-bond donors (Lipinski definition) is 0. The molecule has 0 N–H and O–H groups in total. The van der Waals surface area contributed by atoms with Crippen LogP contribution in [0.3, 0.4) is 0 Å². The number of thioether (sulfide) groups is 1. The smallest absolute Gasteiger partial charge is 0.337 e. The van der Waals surface area contributed by atoms with Crippen LogP contribution in [0.5, 0.6) is 0 Å². The molecule has 1 saturated heterocycles. The van der Waals surface area contributed by atoms with Crippen molar-refractivity contribution in [3.05, 3.63) is 64.4 Å². The van der Waals surface area contributed by atoms with Crippen molar-refractivity contribution in [2.75, 3.05) is 5.75 Å². The minimum Gasteiger partial charge on any atom is -0.337 e. The highest BCUT2D eigenvalue weighted by atomic mass is 32.2. The average Bonchev–Trinajstić information content (AvgIpc) is 2.77. The van der Waals surface area contributed by atoms with Crippen molar-refractivity contribution >= 4 is 28.6 Å². The molecule has 1 fully saturated rings. The molecule has 0 bridgehead atoms. The average molecular weight is 476 g/mol. The van der Waals surface area contributed by atoms with Gasteiger partial charge >= 0.3 is 6.18 Å². The Morgan fingerprint density at radius 2 is 1.79 bits per heavy atom. The van der Waals surface area contributed by atoms with E-state index in [9.17, 15) is 22.8 Å². The molecule has 1 aliphatic rings. The van der Waals surface area contributed by atoms with Gasteiger partial charge < -0.3 is 4.90 Å². The Kier molecular flexibility index (Phi) is 6.52. The number of aromatic nitrogens is 2. The first-order chi connectivity index (χ1) is 15.7. The lowest BCUT2D eigenvalue weighted by Gasteiger charge is -2.39. The Morgan fingerprint density at radius 1 is 1.09 bits per heavy atom. The third kappa shape index (κ3) is 4.78. The molecule has 1 amide bonds. The predicted molar refractivity (Wildman–Crippen MR) is 123 cm³/mol. The number of carbonyl (C=O) groups is 1. The lowest BCUT2D eigenvalue weighted by molar-refractivity contribution is -0.137. The molecule has 0 saturated carbocycles. The number of alkyl halides is 3. The van der Waals surface area contributed by atoms with E-state index in [2.05, 4.69) is 4.98 Å². The number of piperidine rings is 1. The van der Waals surface area contributed by atoms with Gasteiger partial charge in [0, 0.05) is 12.1 Å². The molecule has 0 spiro atoms. The molecule has 5 nitrogen and oxygen atoms in total. The monoisotopic (exact) mass is 475 g/mol. The van der Waals surface area contributed by atoms with Gasteiger partial charge in [-0.15, -0.1) is 0 Å². The molecule has 2 aromatic carbocycles. The van der Waals surface area contributed by atoms with Crippen LogP contribution in [0.4, 0.5) is 13.2 Å². The summed E-state index contributed by atoms with van der Waals surface area (Å²) in [4.78, 5) is 32.7.